The monoisotopic (exact) mass is 350 g/mol. The number of likely N-dealkylation sites (tertiary alicyclic amines) is 1. The van der Waals surface area contributed by atoms with Gasteiger partial charge in [-0.15, -0.1) is 22.7 Å². The van der Waals surface area contributed by atoms with Gasteiger partial charge in [-0.25, -0.2) is 9.78 Å². The molecule has 2 aromatic rings. The average molecular weight is 350 g/mol. The van der Waals surface area contributed by atoms with E-state index in [1.54, 1.807) is 34.6 Å². The summed E-state index contributed by atoms with van der Waals surface area (Å²) in [6, 6.07) is 3.07. The van der Waals surface area contributed by atoms with Crippen LogP contribution in [0.3, 0.4) is 0 Å². The smallest absolute Gasteiger partial charge is 0.315 e. The van der Waals surface area contributed by atoms with Crippen molar-refractivity contribution in [2.75, 3.05) is 13.6 Å². The highest BCUT2D eigenvalue weighted by molar-refractivity contribution is 7.20. The van der Waals surface area contributed by atoms with E-state index >= 15 is 0 Å². The maximum Gasteiger partial charge on any atom is 0.315 e. The lowest BCUT2D eigenvalue weighted by molar-refractivity contribution is -0.134. The molecule has 3 rings (SSSR count). The number of rotatable bonds is 4. The molecule has 0 spiro atoms. The molecule has 0 unspecified atom stereocenters. The molecular weight excluding hydrogens is 332 g/mol. The van der Waals surface area contributed by atoms with E-state index < -0.39 is 12.1 Å². The lowest BCUT2D eigenvalue weighted by atomic mass is 10.2. The second-order valence-electron chi connectivity index (χ2n) is 5.51. The van der Waals surface area contributed by atoms with Crippen LogP contribution in [0.1, 0.15) is 18.5 Å². The first kappa shape index (κ1) is 15.9. The molecule has 1 aliphatic rings. The third-order valence-electron chi connectivity index (χ3n) is 3.88. The normalized spacial score (nSPS) is 17.4. The first-order valence-electron chi connectivity index (χ1n) is 7.35. The number of nitrogens with two attached hydrogens (primary N) is 1. The molecule has 1 aliphatic heterocycles. The maximum atomic E-state index is 12.6. The number of carbonyl (C=O) groups is 2. The van der Waals surface area contributed by atoms with Crippen molar-refractivity contribution in [2.24, 2.45) is 5.73 Å². The fourth-order valence-electron chi connectivity index (χ4n) is 2.76. The molecule has 1 fully saturated rings. The molecule has 6 nitrogen and oxygen atoms in total. The molecule has 1 atom stereocenters. The van der Waals surface area contributed by atoms with Crippen molar-refractivity contribution in [3.63, 3.8) is 0 Å². The summed E-state index contributed by atoms with van der Waals surface area (Å²) < 4.78 is 0. The third-order valence-corrected chi connectivity index (χ3v) is 5.81. The van der Waals surface area contributed by atoms with Crippen LogP contribution in [0.25, 0.3) is 9.88 Å². The number of amides is 3. The van der Waals surface area contributed by atoms with Crippen molar-refractivity contribution in [1.82, 2.24) is 14.8 Å². The Balaban J connectivity index is 1.66. The minimum Gasteiger partial charge on any atom is -0.351 e. The Morgan fingerprint density at radius 3 is 3.00 bits per heavy atom. The molecule has 0 aliphatic carbocycles. The van der Waals surface area contributed by atoms with Gasteiger partial charge in [-0.2, -0.15) is 0 Å². The van der Waals surface area contributed by atoms with Crippen LogP contribution in [0.5, 0.6) is 0 Å². The number of aromatic nitrogens is 1. The highest BCUT2D eigenvalue weighted by Gasteiger charge is 2.34. The molecule has 0 saturated carbocycles. The Kier molecular flexibility index (Phi) is 4.63. The number of hydrogen-bond acceptors (Lipinski definition) is 5. The van der Waals surface area contributed by atoms with Gasteiger partial charge in [0.25, 0.3) is 0 Å². The van der Waals surface area contributed by atoms with Crippen LogP contribution in [-0.2, 0) is 11.3 Å². The molecule has 23 heavy (non-hydrogen) atoms. The predicted molar refractivity (Wildman–Crippen MR) is 91.2 cm³/mol. The third kappa shape index (κ3) is 3.37. The van der Waals surface area contributed by atoms with Crippen LogP contribution >= 0.6 is 22.7 Å². The van der Waals surface area contributed by atoms with Gasteiger partial charge in [0, 0.05) is 19.0 Å². The highest BCUT2D eigenvalue weighted by atomic mass is 32.1. The van der Waals surface area contributed by atoms with Crippen LogP contribution < -0.4 is 5.73 Å². The Morgan fingerprint density at radius 2 is 2.30 bits per heavy atom. The van der Waals surface area contributed by atoms with Crippen molar-refractivity contribution in [3.05, 3.63) is 28.6 Å². The van der Waals surface area contributed by atoms with E-state index in [9.17, 15) is 9.59 Å². The first-order chi connectivity index (χ1) is 11.1. The van der Waals surface area contributed by atoms with E-state index in [-0.39, 0.29) is 5.91 Å². The minimum atomic E-state index is -0.525. The predicted octanol–water partition coefficient (Wildman–Crippen LogP) is 2.37. The van der Waals surface area contributed by atoms with Gasteiger partial charge in [0.2, 0.25) is 5.91 Å². The summed E-state index contributed by atoms with van der Waals surface area (Å²) in [4.78, 5) is 32.7. The average Bonchev–Trinajstić information content (AvgIpc) is 3.26. The maximum absolute atomic E-state index is 12.6. The summed E-state index contributed by atoms with van der Waals surface area (Å²) in [5.74, 6) is -0.0769. The molecule has 3 heterocycles. The molecule has 2 aromatic heterocycles. The van der Waals surface area contributed by atoms with Gasteiger partial charge in [-0.1, -0.05) is 6.07 Å². The Hall–Kier alpha value is -1.93. The van der Waals surface area contributed by atoms with E-state index in [1.165, 1.54) is 4.90 Å². The van der Waals surface area contributed by atoms with Crippen molar-refractivity contribution in [1.29, 1.82) is 0 Å². The van der Waals surface area contributed by atoms with Gasteiger partial charge in [0.1, 0.15) is 11.0 Å². The molecule has 0 radical (unpaired) electrons. The van der Waals surface area contributed by atoms with Gasteiger partial charge >= 0.3 is 6.03 Å². The zero-order valence-electron chi connectivity index (χ0n) is 12.8. The Bertz CT molecular complexity index is 698. The molecule has 122 valence electrons. The summed E-state index contributed by atoms with van der Waals surface area (Å²) in [6.07, 6.45) is 1.48. The number of nitrogens with zero attached hydrogens (tertiary/aromatic N) is 3. The second-order valence-corrected chi connectivity index (χ2v) is 7.31. The standard InChI is InChI=1S/C15H18N4O2S2/c1-18(14(20)11-4-2-6-19(11)15(16)21)8-10-9-23-13(17-10)12-5-3-7-22-12/h3,5,7,9,11H,2,4,6,8H2,1H3,(H2,16,21)/t11-/m0/s1. The van der Waals surface area contributed by atoms with Gasteiger partial charge in [-0.05, 0) is 24.3 Å². The van der Waals surface area contributed by atoms with Gasteiger partial charge in [0.15, 0.2) is 0 Å². The van der Waals surface area contributed by atoms with E-state index in [0.29, 0.717) is 19.5 Å². The summed E-state index contributed by atoms with van der Waals surface area (Å²) in [5.41, 5.74) is 6.20. The van der Waals surface area contributed by atoms with E-state index in [4.69, 9.17) is 5.73 Å². The van der Waals surface area contributed by atoms with Crippen LogP contribution in [0.4, 0.5) is 4.79 Å². The van der Waals surface area contributed by atoms with Crippen LogP contribution in [0, 0.1) is 0 Å². The van der Waals surface area contributed by atoms with E-state index in [1.807, 2.05) is 22.9 Å². The van der Waals surface area contributed by atoms with Crippen molar-refractivity contribution >= 4 is 34.6 Å². The summed E-state index contributed by atoms with van der Waals surface area (Å²) in [7, 11) is 1.74. The van der Waals surface area contributed by atoms with Crippen LogP contribution in [-0.4, -0.2) is 46.4 Å². The van der Waals surface area contributed by atoms with Gasteiger partial charge in [0.05, 0.1) is 17.1 Å². The van der Waals surface area contributed by atoms with E-state index in [0.717, 1.165) is 22.0 Å². The largest absolute Gasteiger partial charge is 0.351 e. The molecule has 0 aromatic carbocycles. The van der Waals surface area contributed by atoms with Crippen molar-refractivity contribution in [3.8, 4) is 9.88 Å². The van der Waals surface area contributed by atoms with E-state index in [2.05, 4.69) is 4.98 Å². The van der Waals surface area contributed by atoms with Gasteiger partial charge < -0.3 is 15.5 Å². The van der Waals surface area contributed by atoms with Crippen molar-refractivity contribution in [2.45, 2.75) is 25.4 Å². The number of carbonyl (C=O) groups excluding carboxylic acids is 2. The summed E-state index contributed by atoms with van der Waals surface area (Å²) >= 11 is 3.22. The minimum absolute atomic E-state index is 0.0769. The zero-order chi connectivity index (χ0) is 16.4. The van der Waals surface area contributed by atoms with Crippen molar-refractivity contribution < 1.29 is 9.59 Å². The number of thiazole rings is 1. The van der Waals surface area contributed by atoms with Gasteiger partial charge in [-0.3, -0.25) is 4.79 Å². The molecule has 2 N–H and O–H groups in total. The van der Waals surface area contributed by atoms with Crippen LogP contribution in [0.2, 0.25) is 0 Å². The second kappa shape index (κ2) is 6.67. The highest BCUT2D eigenvalue weighted by Crippen LogP contribution is 2.28. The summed E-state index contributed by atoms with van der Waals surface area (Å²) in [6.45, 7) is 0.989. The Labute approximate surface area is 142 Å². The lowest BCUT2D eigenvalue weighted by Gasteiger charge is -2.26. The molecule has 0 bridgehead atoms. The molecule has 3 amide bonds. The SMILES string of the molecule is CN(Cc1csc(-c2cccs2)n1)C(=O)[C@@H]1CCCN1C(N)=O. The number of hydrogen-bond donors (Lipinski definition) is 1. The Morgan fingerprint density at radius 1 is 1.48 bits per heavy atom. The topological polar surface area (TPSA) is 79.5 Å². The fraction of sp³-hybridized carbons (Fsp3) is 0.400. The fourth-order valence-corrected chi connectivity index (χ4v) is 4.38. The number of primary amides is 1. The quantitative estimate of drug-likeness (QED) is 0.919. The molecule has 1 saturated heterocycles. The number of urea groups is 1. The molecule has 8 heteroatoms. The number of likely N-dealkylation sites (N-methyl/N-ethyl adjacent to an activating group) is 1. The van der Waals surface area contributed by atoms with Crippen LogP contribution in [0.15, 0.2) is 22.9 Å². The summed E-state index contributed by atoms with van der Waals surface area (Å²) in [5, 5.41) is 4.96. The first-order valence-corrected chi connectivity index (χ1v) is 9.11. The molecular formula is C15H18N4O2S2. The lowest BCUT2D eigenvalue weighted by Crippen LogP contribution is -2.48. The number of thiophene rings is 1. The zero-order valence-corrected chi connectivity index (χ0v) is 14.4.